The molecule has 2 aromatic rings. The quantitative estimate of drug-likeness (QED) is 0.732. The van der Waals surface area contributed by atoms with Crippen molar-refractivity contribution in [2.24, 2.45) is 5.92 Å². The Kier molecular flexibility index (Phi) is 6.91. The predicted molar refractivity (Wildman–Crippen MR) is 112 cm³/mol. The van der Waals surface area contributed by atoms with Crippen molar-refractivity contribution in [1.29, 1.82) is 0 Å². The summed E-state index contributed by atoms with van der Waals surface area (Å²) >= 11 is 0. The summed E-state index contributed by atoms with van der Waals surface area (Å²) < 4.78 is 31.1. The maximum absolute atomic E-state index is 11.6. The van der Waals surface area contributed by atoms with Crippen LogP contribution in [0.4, 0.5) is 5.69 Å². The zero-order valence-electron chi connectivity index (χ0n) is 16.6. The average Bonchev–Trinajstić information content (AvgIpc) is 2.68. The first-order valence-corrected chi connectivity index (χ1v) is 11.6. The van der Waals surface area contributed by atoms with Crippen LogP contribution in [0.5, 0.6) is 5.88 Å². The molecule has 0 amide bonds. The molecule has 0 atom stereocenters. The van der Waals surface area contributed by atoms with Crippen molar-refractivity contribution in [2.75, 3.05) is 31.2 Å². The van der Waals surface area contributed by atoms with Crippen LogP contribution in [0.2, 0.25) is 0 Å². The summed E-state index contributed by atoms with van der Waals surface area (Å²) in [6.45, 7) is 2.99. The summed E-state index contributed by atoms with van der Waals surface area (Å²) in [6, 6.07) is 11.7. The summed E-state index contributed by atoms with van der Waals surface area (Å²) in [4.78, 5) is 6.73. The lowest BCUT2D eigenvalue weighted by Crippen LogP contribution is -2.33. The minimum atomic E-state index is -3.26. The van der Waals surface area contributed by atoms with Crippen molar-refractivity contribution in [3.05, 3.63) is 53.7 Å². The van der Waals surface area contributed by atoms with Crippen molar-refractivity contribution in [3.63, 3.8) is 0 Å². The lowest BCUT2D eigenvalue weighted by Gasteiger charge is -2.32. The van der Waals surface area contributed by atoms with Gasteiger partial charge in [-0.15, -0.1) is 0 Å². The second-order valence-corrected chi connectivity index (χ2v) is 9.21. The van der Waals surface area contributed by atoms with Gasteiger partial charge in [-0.3, -0.25) is 9.62 Å². The van der Waals surface area contributed by atoms with E-state index in [-0.39, 0.29) is 0 Å². The van der Waals surface area contributed by atoms with E-state index in [1.807, 2.05) is 30.3 Å². The summed E-state index contributed by atoms with van der Waals surface area (Å²) in [5.74, 6) is 1.37. The first-order valence-electron chi connectivity index (χ1n) is 9.70. The molecule has 0 radical (unpaired) electrons. The number of nitrogens with zero attached hydrogens (tertiary/aromatic N) is 2. The third-order valence-electron chi connectivity index (χ3n) is 5.28. The molecular formula is C21H29N3O3S. The molecule has 1 N–H and O–H groups in total. The molecule has 1 aromatic heterocycles. The Balaban J connectivity index is 1.50. The first kappa shape index (κ1) is 20.6. The monoisotopic (exact) mass is 403 g/mol. The second kappa shape index (κ2) is 9.39. The van der Waals surface area contributed by atoms with Gasteiger partial charge in [0.25, 0.3) is 0 Å². The maximum atomic E-state index is 11.6. The Hall–Kier alpha value is -2.12. The number of pyridine rings is 1. The number of aryl methyl sites for hydroxylation is 1. The van der Waals surface area contributed by atoms with Gasteiger partial charge in [0.2, 0.25) is 15.9 Å². The molecule has 2 heterocycles. The summed E-state index contributed by atoms with van der Waals surface area (Å²) in [5.41, 5.74) is 2.89. The number of benzene rings is 1. The smallest absolute Gasteiger partial charge is 0.229 e. The standard InChI is InChI=1S/C21H29N3O3S/c1-27-21-19(7-5-13-22-21)16-24-14-11-17(12-15-24)9-10-18-6-3-4-8-20(18)23-28(2,25)26/h3-8,13,17,23H,9-12,14-16H2,1-2H3. The van der Waals surface area contributed by atoms with E-state index < -0.39 is 10.0 Å². The zero-order valence-corrected chi connectivity index (χ0v) is 17.4. The minimum absolute atomic E-state index is 0.665. The Bertz CT molecular complexity index is 878. The van der Waals surface area contributed by atoms with Crippen LogP contribution < -0.4 is 9.46 Å². The molecule has 1 aliphatic heterocycles. The van der Waals surface area contributed by atoms with Crippen LogP contribution >= 0.6 is 0 Å². The fourth-order valence-corrected chi connectivity index (χ4v) is 4.40. The molecule has 0 spiro atoms. The molecule has 7 heteroatoms. The van der Waals surface area contributed by atoms with Gasteiger partial charge < -0.3 is 4.74 Å². The summed E-state index contributed by atoms with van der Waals surface area (Å²) in [5, 5.41) is 0. The van der Waals surface area contributed by atoms with Crippen molar-refractivity contribution >= 4 is 15.7 Å². The number of hydrogen-bond donors (Lipinski definition) is 1. The van der Waals surface area contributed by atoms with Crippen LogP contribution in [0.15, 0.2) is 42.6 Å². The molecule has 6 nitrogen and oxygen atoms in total. The molecule has 1 aromatic carbocycles. The van der Waals surface area contributed by atoms with E-state index >= 15 is 0 Å². The third-order valence-corrected chi connectivity index (χ3v) is 5.87. The second-order valence-electron chi connectivity index (χ2n) is 7.46. The Labute approximate surface area is 168 Å². The van der Waals surface area contributed by atoms with E-state index in [1.54, 1.807) is 13.3 Å². The fraction of sp³-hybridized carbons (Fsp3) is 0.476. The number of rotatable bonds is 8. The van der Waals surface area contributed by atoms with E-state index in [9.17, 15) is 8.42 Å². The van der Waals surface area contributed by atoms with E-state index in [1.165, 1.54) is 6.26 Å². The highest BCUT2D eigenvalue weighted by Crippen LogP contribution is 2.27. The number of sulfonamides is 1. The van der Waals surface area contributed by atoms with E-state index in [0.29, 0.717) is 17.5 Å². The summed E-state index contributed by atoms with van der Waals surface area (Å²) in [6.07, 6.45) is 7.22. The zero-order chi connectivity index (χ0) is 20.0. The number of nitrogens with one attached hydrogen (secondary N) is 1. The molecule has 1 saturated heterocycles. The Morgan fingerprint density at radius 3 is 2.57 bits per heavy atom. The van der Waals surface area contributed by atoms with E-state index in [2.05, 4.69) is 20.7 Å². The predicted octanol–water partition coefficient (Wildman–Crippen LogP) is 3.31. The van der Waals surface area contributed by atoms with Gasteiger partial charge in [0.1, 0.15) is 0 Å². The molecule has 1 aliphatic rings. The lowest BCUT2D eigenvalue weighted by molar-refractivity contribution is 0.170. The first-order chi connectivity index (χ1) is 13.4. The van der Waals surface area contributed by atoms with Gasteiger partial charge in [-0.2, -0.15) is 0 Å². The number of aromatic nitrogens is 1. The third kappa shape index (κ3) is 5.94. The lowest BCUT2D eigenvalue weighted by atomic mass is 9.90. The van der Waals surface area contributed by atoms with Gasteiger partial charge >= 0.3 is 0 Å². The Morgan fingerprint density at radius 1 is 1.14 bits per heavy atom. The largest absolute Gasteiger partial charge is 0.481 e. The maximum Gasteiger partial charge on any atom is 0.229 e. The van der Waals surface area contributed by atoms with Crippen molar-refractivity contribution in [3.8, 4) is 5.88 Å². The van der Waals surface area contributed by atoms with Gasteiger partial charge in [-0.1, -0.05) is 24.3 Å². The molecule has 3 rings (SSSR count). The molecule has 28 heavy (non-hydrogen) atoms. The molecule has 0 saturated carbocycles. The van der Waals surface area contributed by atoms with Crippen LogP contribution in [0.25, 0.3) is 0 Å². The van der Waals surface area contributed by atoms with E-state index in [4.69, 9.17) is 4.74 Å². The van der Waals surface area contributed by atoms with Crippen molar-refractivity contribution in [1.82, 2.24) is 9.88 Å². The number of likely N-dealkylation sites (tertiary alicyclic amines) is 1. The molecule has 1 fully saturated rings. The van der Waals surface area contributed by atoms with Gasteiger partial charge in [0.15, 0.2) is 0 Å². The van der Waals surface area contributed by atoms with Crippen LogP contribution in [-0.2, 0) is 23.0 Å². The van der Waals surface area contributed by atoms with Crippen LogP contribution in [0, 0.1) is 5.92 Å². The summed E-state index contributed by atoms with van der Waals surface area (Å²) in [7, 11) is -1.60. The highest BCUT2D eigenvalue weighted by Gasteiger charge is 2.20. The number of ether oxygens (including phenoxy) is 1. The molecular weight excluding hydrogens is 374 g/mol. The topological polar surface area (TPSA) is 71.5 Å². The molecule has 0 aliphatic carbocycles. The van der Waals surface area contributed by atoms with Gasteiger partial charge in [0, 0.05) is 18.3 Å². The molecule has 152 valence electrons. The van der Waals surface area contributed by atoms with Crippen LogP contribution in [0.3, 0.4) is 0 Å². The molecule has 0 bridgehead atoms. The van der Waals surface area contributed by atoms with Crippen molar-refractivity contribution < 1.29 is 13.2 Å². The van der Waals surface area contributed by atoms with E-state index in [0.717, 1.165) is 56.4 Å². The number of piperidine rings is 1. The normalized spacial score (nSPS) is 16.1. The Morgan fingerprint density at radius 2 is 1.86 bits per heavy atom. The minimum Gasteiger partial charge on any atom is -0.481 e. The number of anilines is 1. The fourth-order valence-electron chi connectivity index (χ4n) is 3.80. The highest BCUT2D eigenvalue weighted by atomic mass is 32.2. The number of hydrogen-bond acceptors (Lipinski definition) is 5. The number of methoxy groups -OCH3 is 1. The van der Waals surface area contributed by atoms with Crippen LogP contribution in [0.1, 0.15) is 30.4 Å². The van der Waals surface area contributed by atoms with Gasteiger partial charge in [0.05, 0.1) is 19.1 Å². The van der Waals surface area contributed by atoms with Crippen LogP contribution in [-0.4, -0.2) is 44.8 Å². The average molecular weight is 404 g/mol. The SMILES string of the molecule is COc1ncccc1CN1CCC(CCc2ccccc2NS(C)(=O)=O)CC1. The highest BCUT2D eigenvalue weighted by molar-refractivity contribution is 7.92. The van der Waals surface area contributed by atoms with Gasteiger partial charge in [-0.25, -0.2) is 13.4 Å². The molecule has 0 unspecified atom stereocenters. The van der Waals surface area contributed by atoms with Crippen molar-refractivity contribution in [2.45, 2.75) is 32.2 Å². The number of para-hydroxylation sites is 1. The van der Waals surface area contributed by atoms with Gasteiger partial charge in [-0.05, 0) is 62.4 Å².